The molecule has 0 aromatic rings. The van der Waals surface area contributed by atoms with Crippen LogP contribution in [0.15, 0.2) is 0 Å². The van der Waals surface area contributed by atoms with Crippen LogP contribution >= 0.6 is 0 Å². The van der Waals surface area contributed by atoms with Gasteiger partial charge in [0, 0.05) is 6.42 Å². The van der Waals surface area contributed by atoms with Crippen LogP contribution in [0.3, 0.4) is 0 Å². The number of halogens is 17. The molecule has 0 unspecified atom stereocenters. The molecule has 0 aliphatic carbocycles. The van der Waals surface area contributed by atoms with Crippen LogP contribution in [0.5, 0.6) is 0 Å². The largest absolute Gasteiger partial charge is 0.481 e. The molecular formula is C13H9F17O4S. The lowest BCUT2D eigenvalue weighted by molar-refractivity contribution is -0.461. The molecule has 0 saturated heterocycles. The van der Waals surface area contributed by atoms with Crippen molar-refractivity contribution in [2.45, 2.75) is 60.5 Å². The lowest BCUT2D eigenvalue weighted by Crippen LogP contribution is -2.74. The average Bonchev–Trinajstić information content (AvgIpc) is 2.63. The van der Waals surface area contributed by atoms with Gasteiger partial charge in [0.2, 0.25) is 0 Å². The smallest absolute Gasteiger partial charge is 0.460 e. The number of hydrogen-bond donors (Lipinski definition) is 1. The van der Waals surface area contributed by atoms with E-state index in [0.717, 1.165) is 0 Å². The monoisotopic (exact) mass is 584 g/mol. The van der Waals surface area contributed by atoms with Gasteiger partial charge >= 0.3 is 53.6 Å². The first-order chi connectivity index (χ1) is 14.9. The molecule has 0 aliphatic heterocycles. The number of alkyl halides is 17. The summed E-state index contributed by atoms with van der Waals surface area (Å²) in [6, 6.07) is 0. The van der Waals surface area contributed by atoms with Crippen molar-refractivity contribution in [3.8, 4) is 0 Å². The number of carboxylic acids is 1. The molecule has 0 amide bonds. The zero-order chi connectivity index (χ0) is 28.9. The topological polar surface area (TPSA) is 71.4 Å². The summed E-state index contributed by atoms with van der Waals surface area (Å²) in [6.45, 7) is 0. The van der Waals surface area contributed by atoms with Crippen LogP contribution in [0, 0.1) is 0 Å². The Bertz CT molecular complexity index is 890. The molecule has 22 heteroatoms. The summed E-state index contributed by atoms with van der Waals surface area (Å²) < 4.78 is 244. The molecule has 0 rings (SSSR count). The van der Waals surface area contributed by atoms with Crippen molar-refractivity contribution in [3.05, 3.63) is 0 Å². The summed E-state index contributed by atoms with van der Waals surface area (Å²) in [4.78, 5) is 10.2. The number of sulfone groups is 1. The molecule has 1 N–H and O–H groups in total. The number of aliphatic carboxylic acids is 1. The van der Waals surface area contributed by atoms with Gasteiger partial charge in [-0.2, -0.15) is 74.6 Å². The van der Waals surface area contributed by atoms with E-state index in [0.29, 0.717) is 0 Å². The van der Waals surface area contributed by atoms with Crippen LogP contribution in [0.1, 0.15) is 12.8 Å². The summed E-state index contributed by atoms with van der Waals surface area (Å²) in [5, 5.41) is 8.21. The van der Waals surface area contributed by atoms with Crippen LogP contribution in [-0.4, -0.2) is 78.6 Å². The first-order valence-corrected chi connectivity index (χ1v) is 9.83. The lowest BCUT2D eigenvalue weighted by Gasteiger charge is -2.42. The molecule has 0 spiro atoms. The van der Waals surface area contributed by atoms with Crippen LogP contribution in [0.4, 0.5) is 74.6 Å². The maximum absolute atomic E-state index is 13.6. The molecule has 0 aromatic carbocycles. The van der Waals surface area contributed by atoms with Gasteiger partial charge in [-0.15, -0.1) is 0 Å². The third-order valence-electron chi connectivity index (χ3n) is 4.14. The summed E-state index contributed by atoms with van der Waals surface area (Å²) >= 11 is 0. The van der Waals surface area contributed by atoms with E-state index in [1.807, 2.05) is 0 Å². The lowest BCUT2D eigenvalue weighted by atomic mass is 9.88. The molecule has 0 atom stereocenters. The molecule has 0 bridgehead atoms. The molecule has 0 saturated carbocycles. The predicted octanol–water partition coefficient (Wildman–Crippen LogP) is 5.28. The highest BCUT2D eigenvalue weighted by Gasteiger charge is 2.95. The number of carboxylic acid groups (broad SMARTS) is 1. The molecule has 0 radical (unpaired) electrons. The van der Waals surface area contributed by atoms with E-state index in [-0.39, 0.29) is 0 Å². The highest BCUT2D eigenvalue weighted by atomic mass is 32.2. The van der Waals surface area contributed by atoms with Crippen molar-refractivity contribution in [1.29, 1.82) is 0 Å². The highest BCUT2D eigenvalue weighted by molar-refractivity contribution is 7.91. The van der Waals surface area contributed by atoms with Crippen LogP contribution in [0.25, 0.3) is 0 Å². The fourth-order valence-corrected chi connectivity index (χ4v) is 3.24. The first kappa shape index (κ1) is 33.2. The normalized spacial score (nSPS) is 15.9. The van der Waals surface area contributed by atoms with E-state index in [2.05, 4.69) is 0 Å². The van der Waals surface area contributed by atoms with Crippen molar-refractivity contribution < 1.29 is 93.0 Å². The molecule has 35 heavy (non-hydrogen) atoms. The van der Waals surface area contributed by atoms with E-state index >= 15 is 0 Å². The molecule has 0 fully saturated rings. The Hall–Kier alpha value is -1.77. The van der Waals surface area contributed by atoms with E-state index in [1.54, 1.807) is 0 Å². The van der Waals surface area contributed by atoms with E-state index in [4.69, 9.17) is 5.11 Å². The minimum absolute atomic E-state index is 1.38. The standard InChI is InChI=1S/C13H9F17O4S/c14-6(15,2-4-35(33,34)3-1-5(31)32)7(16,17)8(18,19)9(20,21)10(22,23)11(24,25)12(26,27)13(28,29)30/h1-4H2,(H,31,32). The van der Waals surface area contributed by atoms with Crippen molar-refractivity contribution in [3.63, 3.8) is 0 Å². The Morgan fingerprint density at radius 1 is 0.543 bits per heavy atom. The van der Waals surface area contributed by atoms with E-state index in [9.17, 15) is 87.8 Å². The summed E-state index contributed by atoms with van der Waals surface area (Å²) in [5.41, 5.74) is 0. The first-order valence-electron chi connectivity index (χ1n) is 8.01. The Labute approximate surface area is 182 Å². The Morgan fingerprint density at radius 2 is 0.857 bits per heavy atom. The Kier molecular flexibility index (Phi) is 8.51. The summed E-state index contributed by atoms with van der Waals surface area (Å²) in [7, 11) is -5.16. The number of carbonyl (C=O) groups is 1. The van der Waals surface area contributed by atoms with Crippen LogP contribution in [0.2, 0.25) is 0 Å². The summed E-state index contributed by atoms with van der Waals surface area (Å²) in [6.07, 6.45) is -12.4. The summed E-state index contributed by atoms with van der Waals surface area (Å²) in [5.74, 6) is -63.7. The van der Waals surface area contributed by atoms with Gasteiger partial charge in [0.1, 0.15) is 0 Å². The second-order valence-electron chi connectivity index (χ2n) is 6.69. The third-order valence-corrected chi connectivity index (χ3v) is 5.79. The molecule has 4 nitrogen and oxygen atoms in total. The fourth-order valence-electron chi connectivity index (χ4n) is 1.98. The second-order valence-corrected chi connectivity index (χ2v) is 9.00. The van der Waals surface area contributed by atoms with Gasteiger partial charge in [0.25, 0.3) is 0 Å². The van der Waals surface area contributed by atoms with Crippen molar-refractivity contribution >= 4 is 15.8 Å². The van der Waals surface area contributed by atoms with Crippen LogP contribution < -0.4 is 0 Å². The quantitative estimate of drug-likeness (QED) is 0.318. The molecule has 0 aromatic heterocycles. The van der Waals surface area contributed by atoms with E-state index in [1.165, 1.54) is 0 Å². The number of rotatable bonds is 12. The SMILES string of the molecule is O=C(O)CCS(=O)(=O)CCC(F)(F)C(F)(F)C(F)(F)C(F)(F)C(F)(F)C(F)(F)C(F)(F)C(F)(F)F. The fraction of sp³-hybridized carbons (Fsp3) is 0.923. The van der Waals surface area contributed by atoms with Gasteiger partial charge in [0.05, 0.1) is 17.9 Å². The highest BCUT2D eigenvalue weighted by Crippen LogP contribution is 2.64. The molecular weight excluding hydrogens is 575 g/mol. The van der Waals surface area contributed by atoms with Gasteiger partial charge in [-0.1, -0.05) is 0 Å². The maximum atomic E-state index is 13.6. The van der Waals surface area contributed by atoms with E-state index < -0.39 is 87.8 Å². The number of hydrogen-bond acceptors (Lipinski definition) is 3. The Balaban J connectivity index is 6.42. The van der Waals surface area contributed by atoms with Gasteiger partial charge < -0.3 is 5.11 Å². The average molecular weight is 584 g/mol. The molecule has 210 valence electrons. The Morgan fingerprint density at radius 3 is 1.17 bits per heavy atom. The van der Waals surface area contributed by atoms with Gasteiger partial charge in [-0.25, -0.2) is 8.42 Å². The van der Waals surface area contributed by atoms with Crippen molar-refractivity contribution in [2.24, 2.45) is 0 Å². The van der Waals surface area contributed by atoms with Crippen molar-refractivity contribution in [2.75, 3.05) is 11.5 Å². The predicted molar refractivity (Wildman–Crippen MR) is 76.2 cm³/mol. The van der Waals surface area contributed by atoms with Crippen molar-refractivity contribution in [1.82, 2.24) is 0 Å². The minimum atomic E-state index is -8.77. The second kappa shape index (κ2) is 8.96. The maximum Gasteiger partial charge on any atom is 0.460 e. The third kappa shape index (κ3) is 5.35. The van der Waals surface area contributed by atoms with Crippen LogP contribution in [-0.2, 0) is 14.6 Å². The van der Waals surface area contributed by atoms with Gasteiger partial charge in [-0.3, -0.25) is 4.79 Å². The minimum Gasteiger partial charge on any atom is -0.481 e. The molecule has 0 aliphatic rings. The van der Waals surface area contributed by atoms with Gasteiger partial charge in [0.15, 0.2) is 9.84 Å². The zero-order valence-corrected chi connectivity index (χ0v) is 16.7. The zero-order valence-electron chi connectivity index (χ0n) is 15.8. The van der Waals surface area contributed by atoms with Gasteiger partial charge in [-0.05, 0) is 0 Å². The molecule has 0 heterocycles.